The first kappa shape index (κ1) is 11.0. The SMILES string of the molecule is CCCCCN1CC(N)CC1(C)C. The lowest BCUT2D eigenvalue weighted by Crippen LogP contribution is -2.38. The van der Waals surface area contributed by atoms with Crippen molar-refractivity contribution in [3.63, 3.8) is 0 Å². The lowest BCUT2D eigenvalue weighted by Gasteiger charge is -2.31. The zero-order valence-electron chi connectivity index (χ0n) is 9.34. The molecule has 2 nitrogen and oxygen atoms in total. The first-order valence-corrected chi connectivity index (χ1v) is 5.57. The second-order valence-corrected chi connectivity index (χ2v) is 4.93. The molecule has 2 heteroatoms. The number of unbranched alkanes of at least 4 members (excludes halogenated alkanes) is 2. The van der Waals surface area contributed by atoms with E-state index in [1.807, 2.05) is 0 Å². The second-order valence-electron chi connectivity index (χ2n) is 4.93. The molecule has 2 N–H and O–H groups in total. The maximum atomic E-state index is 5.96. The van der Waals surface area contributed by atoms with Gasteiger partial charge in [-0.3, -0.25) is 4.90 Å². The molecular formula is C11H24N2. The van der Waals surface area contributed by atoms with Crippen molar-refractivity contribution in [2.45, 2.75) is 58.0 Å². The summed E-state index contributed by atoms with van der Waals surface area (Å²) >= 11 is 0. The molecule has 78 valence electrons. The van der Waals surface area contributed by atoms with E-state index in [0.29, 0.717) is 11.6 Å². The van der Waals surface area contributed by atoms with Crippen molar-refractivity contribution in [3.05, 3.63) is 0 Å². The maximum Gasteiger partial charge on any atom is 0.0185 e. The van der Waals surface area contributed by atoms with Gasteiger partial charge in [-0.25, -0.2) is 0 Å². The Morgan fingerprint density at radius 2 is 2.08 bits per heavy atom. The molecule has 1 rings (SSSR count). The topological polar surface area (TPSA) is 29.3 Å². The molecule has 1 saturated heterocycles. The Kier molecular flexibility index (Phi) is 3.74. The van der Waals surface area contributed by atoms with Crippen LogP contribution in [0.4, 0.5) is 0 Å². The van der Waals surface area contributed by atoms with Crippen LogP contribution in [-0.2, 0) is 0 Å². The molecule has 1 unspecified atom stereocenters. The fourth-order valence-electron chi connectivity index (χ4n) is 2.31. The van der Waals surface area contributed by atoms with Crippen LogP contribution >= 0.6 is 0 Å². The average Bonchev–Trinajstić information content (AvgIpc) is 2.25. The van der Waals surface area contributed by atoms with Crippen LogP contribution in [-0.4, -0.2) is 29.6 Å². The molecule has 0 aromatic heterocycles. The molecule has 1 atom stereocenters. The van der Waals surface area contributed by atoms with Crippen molar-refractivity contribution in [3.8, 4) is 0 Å². The van der Waals surface area contributed by atoms with E-state index < -0.39 is 0 Å². The van der Waals surface area contributed by atoms with Crippen molar-refractivity contribution in [1.82, 2.24) is 4.90 Å². The molecule has 1 aliphatic heterocycles. The van der Waals surface area contributed by atoms with Crippen molar-refractivity contribution in [1.29, 1.82) is 0 Å². The van der Waals surface area contributed by atoms with Crippen LogP contribution in [0.2, 0.25) is 0 Å². The largest absolute Gasteiger partial charge is 0.326 e. The molecule has 1 aliphatic rings. The zero-order chi connectivity index (χ0) is 9.90. The van der Waals surface area contributed by atoms with E-state index in [1.165, 1.54) is 25.8 Å². The molecule has 0 aromatic carbocycles. The highest BCUT2D eigenvalue weighted by Gasteiger charge is 2.35. The summed E-state index contributed by atoms with van der Waals surface area (Å²) in [6.07, 6.45) is 5.13. The summed E-state index contributed by atoms with van der Waals surface area (Å²) in [5, 5.41) is 0. The molecule has 0 spiro atoms. The minimum atomic E-state index is 0.340. The van der Waals surface area contributed by atoms with Gasteiger partial charge in [0.2, 0.25) is 0 Å². The van der Waals surface area contributed by atoms with Gasteiger partial charge < -0.3 is 5.73 Å². The van der Waals surface area contributed by atoms with Crippen LogP contribution in [0.3, 0.4) is 0 Å². The molecule has 0 saturated carbocycles. The lowest BCUT2D eigenvalue weighted by molar-refractivity contribution is 0.171. The predicted octanol–water partition coefficient (Wildman–Crippen LogP) is 1.99. The van der Waals surface area contributed by atoms with Crippen LogP contribution in [0.1, 0.15) is 46.5 Å². The van der Waals surface area contributed by atoms with Crippen molar-refractivity contribution < 1.29 is 0 Å². The van der Waals surface area contributed by atoms with Gasteiger partial charge in [-0.05, 0) is 33.2 Å². The first-order valence-electron chi connectivity index (χ1n) is 5.57. The fraction of sp³-hybridized carbons (Fsp3) is 1.00. The summed E-state index contributed by atoms with van der Waals surface area (Å²) < 4.78 is 0. The Morgan fingerprint density at radius 3 is 2.54 bits per heavy atom. The number of nitrogens with zero attached hydrogens (tertiary/aromatic N) is 1. The van der Waals surface area contributed by atoms with Gasteiger partial charge in [-0.1, -0.05) is 19.8 Å². The molecular weight excluding hydrogens is 160 g/mol. The summed E-state index contributed by atoms with van der Waals surface area (Å²) in [6, 6.07) is 0.400. The Morgan fingerprint density at radius 1 is 1.38 bits per heavy atom. The minimum Gasteiger partial charge on any atom is -0.326 e. The summed E-state index contributed by atoms with van der Waals surface area (Å²) in [5.74, 6) is 0. The lowest BCUT2D eigenvalue weighted by atomic mass is 10.0. The molecule has 0 bridgehead atoms. The normalized spacial score (nSPS) is 28.2. The van der Waals surface area contributed by atoms with E-state index in [0.717, 1.165) is 13.0 Å². The Hall–Kier alpha value is -0.0800. The minimum absolute atomic E-state index is 0.340. The molecule has 0 radical (unpaired) electrons. The van der Waals surface area contributed by atoms with Gasteiger partial charge in [-0.2, -0.15) is 0 Å². The summed E-state index contributed by atoms with van der Waals surface area (Å²) in [4.78, 5) is 2.55. The van der Waals surface area contributed by atoms with Crippen LogP contribution < -0.4 is 5.73 Å². The monoisotopic (exact) mass is 184 g/mol. The fourth-order valence-corrected chi connectivity index (χ4v) is 2.31. The Bertz CT molecular complexity index is 154. The van der Waals surface area contributed by atoms with Gasteiger partial charge in [0.05, 0.1) is 0 Å². The van der Waals surface area contributed by atoms with Crippen LogP contribution in [0.5, 0.6) is 0 Å². The van der Waals surface area contributed by atoms with E-state index in [1.54, 1.807) is 0 Å². The van der Waals surface area contributed by atoms with Crippen molar-refractivity contribution in [2.24, 2.45) is 5.73 Å². The van der Waals surface area contributed by atoms with Gasteiger partial charge in [-0.15, -0.1) is 0 Å². The number of hydrogen-bond donors (Lipinski definition) is 1. The zero-order valence-corrected chi connectivity index (χ0v) is 9.34. The van der Waals surface area contributed by atoms with Gasteiger partial charge in [0, 0.05) is 18.1 Å². The molecule has 13 heavy (non-hydrogen) atoms. The van der Waals surface area contributed by atoms with Crippen molar-refractivity contribution in [2.75, 3.05) is 13.1 Å². The van der Waals surface area contributed by atoms with E-state index in [2.05, 4.69) is 25.7 Å². The van der Waals surface area contributed by atoms with E-state index in [4.69, 9.17) is 5.73 Å². The third-order valence-electron chi connectivity index (χ3n) is 3.10. The number of likely N-dealkylation sites (tertiary alicyclic amines) is 1. The predicted molar refractivity (Wildman–Crippen MR) is 57.8 cm³/mol. The molecule has 1 fully saturated rings. The van der Waals surface area contributed by atoms with Gasteiger partial charge in [0.25, 0.3) is 0 Å². The molecule has 1 heterocycles. The van der Waals surface area contributed by atoms with E-state index in [9.17, 15) is 0 Å². The quantitative estimate of drug-likeness (QED) is 0.677. The number of nitrogens with two attached hydrogens (primary N) is 1. The first-order chi connectivity index (χ1) is 6.06. The molecule has 0 amide bonds. The van der Waals surface area contributed by atoms with Gasteiger partial charge in [0.1, 0.15) is 0 Å². The molecule has 0 aliphatic carbocycles. The van der Waals surface area contributed by atoms with Crippen molar-refractivity contribution >= 4 is 0 Å². The van der Waals surface area contributed by atoms with Gasteiger partial charge >= 0.3 is 0 Å². The smallest absolute Gasteiger partial charge is 0.0185 e. The van der Waals surface area contributed by atoms with E-state index in [-0.39, 0.29) is 0 Å². The van der Waals surface area contributed by atoms with Crippen LogP contribution in [0.25, 0.3) is 0 Å². The highest BCUT2D eigenvalue weighted by atomic mass is 15.2. The summed E-state index contributed by atoms with van der Waals surface area (Å²) in [6.45, 7) is 9.20. The van der Waals surface area contributed by atoms with E-state index >= 15 is 0 Å². The Labute approximate surface area is 82.5 Å². The maximum absolute atomic E-state index is 5.96. The molecule has 0 aromatic rings. The summed E-state index contributed by atoms with van der Waals surface area (Å²) in [5.41, 5.74) is 6.30. The van der Waals surface area contributed by atoms with Crippen LogP contribution in [0, 0.1) is 0 Å². The van der Waals surface area contributed by atoms with Gasteiger partial charge in [0.15, 0.2) is 0 Å². The Balaban J connectivity index is 2.32. The highest BCUT2D eigenvalue weighted by Crippen LogP contribution is 2.27. The van der Waals surface area contributed by atoms with Crippen LogP contribution in [0.15, 0.2) is 0 Å². The third kappa shape index (κ3) is 2.96. The highest BCUT2D eigenvalue weighted by molar-refractivity contribution is 4.94. The number of rotatable bonds is 4. The number of hydrogen-bond acceptors (Lipinski definition) is 2. The second kappa shape index (κ2) is 4.43. The summed E-state index contributed by atoms with van der Waals surface area (Å²) in [7, 11) is 0. The third-order valence-corrected chi connectivity index (χ3v) is 3.10. The standard InChI is InChI=1S/C11H24N2/c1-4-5-6-7-13-9-10(12)8-11(13,2)3/h10H,4-9,12H2,1-3H3. The average molecular weight is 184 g/mol.